The fraction of sp³-hybridized carbons (Fsp3) is 0.269. The van der Waals surface area contributed by atoms with Gasteiger partial charge in [0.2, 0.25) is 5.91 Å². The van der Waals surface area contributed by atoms with Gasteiger partial charge in [0.05, 0.1) is 5.56 Å². The van der Waals surface area contributed by atoms with E-state index in [9.17, 15) is 35.5 Å². The number of rotatable bonds is 9. The molecule has 3 aromatic rings. The van der Waals surface area contributed by atoms with Gasteiger partial charge in [0.1, 0.15) is 6.04 Å². The summed E-state index contributed by atoms with van der Waals surface area (Å²) < 4.78 is 94.7. The van der Waals surface area contributed by atoms with Crippen LogP contribution in [0, 0.1) is 12.7 Å². The zero-order valence-corrected chi connectivity index (χ0v) is 19.5. The van der Waals surface area contributed by atoms with Crippen molar-refractivity contribution in [2.75, 3.05) is 0 Å². The Morgan fingerprint density at radius 3 is 2.05 bits per heavy atom. The van der Waals surface area contributed by atoms with E-state index in [-0.39, 0.29) is 18.4 Å². The van der Waals surface area contributed by atoms with Crippen LogP contribution in [-0.4, -0.2) is 12.3 Å². The zero-order chi connectivity index (χ0) is 27.4. The Balaban J connectivity index is 1.93. The van der Waals surface area contributed by atoms with Crippen LogP contribution in [0.5, 0.6) is 5.75 Å². The van der Waals surface area contributed by atoms with E-state index in [1.54, 1.807) is 24.3 Å². The normalized spacial score (nSPS) is 13.7. The predicted molar refractivity (Wildman–Crippen MR) is 122 cm³/mol. The van der Waals surface area contributed by atoms with E-state index in [0.717, 1.165) is 29.8 Å². The minimum absolute atomic E-state index is 0.123. The average molecular weight is 528 g/mol. The maximum absolute atomic E-state index is 14.0. The molecule has 1 amide bonds. The van der Waals surface area contributed by atoms with E-state index in [2.05, 4.69) is 10.1 Å². The van der Waals surface area contributed by atoms with Crippen molar-refractivity contribution in [2.24, 2.45) is 5.73 Å². The van der Waals surface area contributed by atoms with Crippen molar-refractivity contribution in [1.29, 1.82) is 0 Å². The molecular weight excluding hydrogens is 505 g/mol. The summed E-state index contributed by atoms with van der Waals surface area (Å²) in [4.78, 5) is 12.3. The minimum atomic E-state index is -5.14. The highest BCUT2D eigenvalue weighted by molar-refractivity contribution is 5.81. The van der Waals surface area contributed by atoms with Crippen LogP contribution in [0.1, 0.15) is 46.3 Å². The SMILES string of the molecule is Cc1ccc([C@H](N[C@@H](CCc2ccc(C(F)(F)F)cc2)c2ccc(F)c(OC(F)(F)F)c2)C(N)=O)cc1. The number of benzene rings is 3. The Bertz CT molecular complexity index is 1210. The second-order valence-electron chi connectivity index (χ2n) is 8.44. The molecule has 0 saturated heterocycles. The van der Waals surface area contributed by atoms with Crippen LogP contribution in [0.2, 0.25) is 0 Å². The number of amides is 1. The number of primary amides is 1. The molecule has 3 rings (SSSR count). The van der Waals surface area contributed by atoms with Crippen molar-refractivity contribution >= 4 is 5.91 Å². The number of aryl methyl sites for hydroxylation is 2. The molecule has 0 radical (unpaired) electrons. The highest BCUT2D eigenvalue weighted by atomic mass is 19.4. The van der Waals surface area contributed by atoms with E-state index < -0.39 is 47.7 Å². The number of ether oxygens (including phenoxy) is 1. The molecule has 0 saturated carbocycles. The van der Waals surface area contributed by atoms with Gasteiger partial charge < -0.3 is 10.5 Å². The summed E-state index contributed by atoms with van der Waals surface area (Å²) in [7, 11) is 0. The molecule has 0 bridgehead atoms. The van der Waals surface area contributed by atoms with Crippen molar-refractivity contribution in [3.63, 3.8) is 0 Å². The lowest BCUT2D eigenvalue weighted by Crippen LogP contribution is -2.36. The highest BCUT2D eigenvalue weighted by Crippen LogP contribution is 2.32. The largest absolute Gasteiger partial charge is 0.573 e. The molecule has 11 heteroatoms. The van der Waals surface area contributed by atoms with Gasteiger partial charge in [-0.05, 0) is 60.7 Å². The van der Waals surface area contributed by atoms with E-state index in [1.165, 1.54) is 18.2 Å². The molecule has 0 aliphatic carbocycles. The first-order valence-electron chi connectivity index (χ1n) is 11.1. The van der Waals surface area contributed by atoms with E-state index in [4.69, 9.17) is 5.73 Å². The van der Waals surface area contributed by atoms with Gasteiger partial charge in [-0.15, -0.1) is 13.2 Å². The summed E-state index contributed by atoms with van der Waals surface area (Å²) in [6, 6.07) is 12.2. The van der Waals surface area contributed by atoms with Crippen LogP contribution < -0.4 is 15.8 Å². The monoisotopic (exact) mass is 528 g/mol. The van der Waals surface area contributed by atoms with Crippen LogP contribution in [0.15, 0.2) is 66.7 Å². The van der Waals surface area contributed by atoms with Crippen LogP contribution in [0.4, 0.5) is 30.7 Å². The molecule has 3 N–H and O–H groups in total. The Labute approximate surface area is 208 Å². The lowest BCUT2D eigenvalue weighted by atomic mass is 9.95. The summed E-state index contributed by atoms with van der Waals surface area (Å²) >= 11 is 0. The summed E-state index contributed by atoms with van der Waals surface area (Å²) in [6.45, 7) is 1.84. The Morgan fingerprint density at radius 2 is 1.51 bits per heavy atom. The van der Waals surface area contributed by atoms with Gasteiger partial charge in [0.25, 0.3) is 0 Å². The maximum atomic E-state index is 14.0. The molecular formula is C26H23F7N2O2. The molecule has 0 spiro atoms. The van der Waals surface area contributed by atoms with Crippen molar-refractivity contribution in [3.05, 3.63) is 100 Å². The average Bonchev–Trinajstić information content (AvgIpc) is 2.80. The minimum Gasteiger partial charge on any atom is -0.403 e. The fourth-order valence-corrected chi connectivity index (χ4v) is 3.76. The summed E-state index contributed by atoms with van der Waals surface area (Å²) in [6.07, 6.45) is -9.34. The quantitative estimate of drug-likeness (QED) is 0.310. The molecule has 0 heterocycles. The van der Waals surface area contributed by atoms with Crippen LogP contribution >= 0.6 is 0 Å². The summed E-state index contributed by atoms with van der Waals surface area (Å²) in [5.74, 6) is -3.07. The third-order valence-electron chi connectivity index (χ3n) is 5.65. The van der Waals surface area contributed by atoms with Crippen molar-refractivity contribution in [3.8, 4) is 5.75 Å². The van der Waals surface area contributed by atoms with Crippen molar-refractivity contribution in [2.45, 2.75) is 44.4 Å². The van der Waals surface area contributed by atoms with Crippen molar-refractivity contribution in [1.82, 2.24) is 5.32 Å². The van der Waals surface area contributed by atoms with Gasteiger partial charge in [-0.1, -0.05) is 48.0 Å². The number of alkyl halides is 6. The fourth-order valence-electron chi connectivity index (χ4n) is 3.76. The van der Waals surface area contributed by atoms with Gasteiger partial charge in [-0.3, -0.25) is 10.1 Å². The predicted octanol–water partition coefficient (Wildman–Crippen LogP) is 6.54. The number of hydrogen-bond acceptors (Lipinski definition) is 3. The smallest absolute Gasteiger partial charge is 0.403 e. The number of halogens is 7. The molecule has 37 heavy (non-hydrogen) atoms. The van der Waals surface area contributed by atoms with E-state index >= 15 is 0 Å². The number of hydrogen-bond donors (Lipinski definition) is 2. The number of nitrogens with one attached hydrogen (secondary N) is 1. The lowest BCUT2D eigenvalue weighted by Gasteiger charge is -2.26. The van der Waals surface area contributed by atoms with Gasteiger partial charge in [-0.25, -0.2) is 4.39 Å². The third-order valence-corrected chi connectivity index (χ3v) is 5.65. The highest BCUT2D eigenvalue weighted by Gasteiger charge is 2.33. The topological polar surface area (TPSA) is 64.3 Å². The van der Waals surface area contributed by atoms with Crippen LogP contribution in [0.3, 0.4) is 0 Å². The third kappa shape index (κ3) is 7.94. The first-order chi connectivity index (χ1) is 17.2. The van der Waals surface area contributed by atoms with Gasteiger partial charge >= 0.3 is 12.5 Å². The molecule has 0 aromatic heterocycles. The van der Waals surface area contributed by atoms with Crippen LogP contribution in [-0.2, 0) is 17.4 Å². The molecule has 4 nitrogen and oxygen atoms in total. The summed E-state index contributed by atoms with van der Waals surface area (Å²) in [5.41, 5.74) is 6.85. The standard InChI is InChI=1S/C26H23F7N2O2/c1-15-2-7-17(8-3-15)23(24(34)36)35-21(13-6-16-4-10-19(11-5-16)25(28,29)30)18-9-12-20(27)22(14-18)37-26(31,32)33/h2-5,7-12,14,21,23,35H,6,13H2,1H3,(H2,34,36)/t21-,23-/m0/s1. The van der Waals surface area contributed by atoms with Gasteiger partial charge in [0, 0.05) is 6.04 Å². The molecule has 0 aliphatic heterocycles. The molecule has 0 fully saturated rings. The Hall–Kier alpha value is -3.60. The Morgan fingerprint density at radius 1 is 0.919 bits per heavy atom. The van der Waals surface area contributed by atoms with Crippen LogP contribution in [0.25, 0.3) is 0 Å². The second-order valence-corrected chi connectivity index (χ2v) is 8.44. The van der Waals surface area contributed by atoms with E-state index in [0.29, 0.717) is 11.1 Å². The number of nitrogens with two attached hydrogens (primary N) is 1. The second kappa shape index (κ2) is 11.2. The maximum Gasteiger partial charge on any atom is 0.573 e. The molecule has 0 unspecified atom stereocenters. The van der Waals surface area contributed by atoms with Gasteiger partial charge in [0.15, 0.2) is 11.6 Å². The van der Waals surface area contributed by atoms with E-state index in [1.807, 2.05) is 6.92 Å². The molecule has 198 valence electrons. The first kappa shape index (κ1) is 28.0. The molecule has 0 aliphatic rings. The molecule has 3 aromatic carbocycles. The zero-order valence-electron chi connectivity index (χ0n) is 19.5. The molecule has 2 atom stereocenters. The number of carbonyl (C=O) groups excluding carboxylic acids is 1. The first-order valence-corrected chi connectivity index (χ1v) is 11.1. The number of carbonyl (C=O) groups is 1. The van der Waals surface area contributed by atoms with Crippen molar-refractivity contribution < 1.29 is 40.3 Å². The summed E-state index contributed by atoms with van der Waals surface area (Å²) in [5, 5.41) is 3.01. The van der Waals surface area contributed by atoms with Gasteiger partial charge in [-0.2, -0.15) is 13.2 Å². The Kier molecular flexibility index (Phi) is 8.47. The lowest BCUT2D eigenvalue weighted by molar-refractivity contribution is -0.275.